The van der Waals surface area contributed by atoms with E-state index in [1.54, 1.807) is 4.90 Å². The van der Waals surface area contributed by atoms with Gasteiger partial charge in [0.25, 0.3) is 6.71 Å². The molecule has 2 aromatic heterocycles. The van der Waals surface area contributed by atoms with Gasteiger partial charge in [0.2, 0.25) is 5.88 Å². The first-order chi connectivity index (χ1) is 23.7. The van der Waals surface area contributed by atoms with Crippen molar-refractivity contribution in [3.8, 4) is 39.7 Å². The number of fused-ring (bicyclic) bond motifs is 4. The number of anilines is 2. The summed E-state index contributed by atoms with van der Waals surface area (Å²) < 4.78 is 12.6. The summed E-state index contributed by atoms with van der Waals surface area (Å²) in [5.41, 5.74) is 8.71. The van der Waals surface area contributed by atoms with E-state index in [1.165, 1.54) is 0 Å². The van der Waals surface area contributed by atoms with Crippen LogP contribution in [0.25, 0.3) is 55.6 Å². The second-order valence-corrected chi connectivity index (χ2v) is 12.1. The van der Waals surface area contributed by atoms with Gasteiger partial charge in [0.1, 0.15) is 11.3 Å². The molecule has 2 aliphatic heterocycles. The minimum absolute atomic E-state index is 0.395. The lowest BCUT2D eigenvalue weighted by Gasteiger charge is -2.36. The zero-order chi connectivity index (χ0) is 31.8. The maximum absolute atomic E-state index is 13.9. The smallest absolute Gasteiger partial charge is 0.426 e. The molecule has 48 heavy (non-hydrogen) atoms. The Kier molecular flexibility index (Phi) is 5.72. The lowest BCUT2D eigenvalue weighted by atomic mass is 9.34. The van der Waals surface area contributed by atoms with Gasteiger partial charge < -0.3 is 9.15 Å². The van der Waals surface area contributed by atoms with Crippen LogP contribution in [-0.2, 0) is 0 Å². The lowest BCUT2D eigenvalue weighted by Crippen LogP contribution is -2.60. The maximum Gasteiger partial charge on any atom is 0.426 e. The molecule has 0 spiro atoms. The monoisotopic (exact) mass is 617 g/mol. The summed E-state index contributed by atoms with van der Waals surface area (Å²) in [5, 5.41) is 2.76. The summed E-state index contributed by atoms with van der Waals surface area (Å²) >= 11 is 0. The fourth-order valence-corrected chi connectivity index (χ4v) is 7.36. The summed E-state index contributed by atoms with van der Waals surface area (Å²) in [5.74, 6) is 1.62. The largest absolute Gasteiger partial charge is 0.440 e. The molecule has 2 aliphatic rings. The lowest BCUT2D eigenvalue weighted by molar-refractivity contribution is 0.209. The number of ether oxygens (including phenoxy) is 1. The fourth-order valence-electron chi connectivity index (χ4n) is 7.36. The van der Waals surface area contributed by atoms with E-state index in [1.807, 2.05) is 103 Å². The normalized spacial score (nSPS) is 13.1. The van der Waals surface area contributed by atoms with Crippen molar-refractivity contribution in [3.05, 3.63) is 146 Å². The summed E-state index contributed by atoms with van der Waals surface area (Å²) in [6.07, 6.45) is -0.497. The summed E-state index contributed by atoms with van der Waals surface area (Å²) in [7, 11) is 0. The average Bonchev–Trinajstić information content (AvgIpc) is 3.53. The van der Waals surface area contributed by atoms with Gasteiger partial charge in [-0.25, -0.2) is 19.7 Å². The Bertz CT molecular complexity index is 2510. The highest BCUT2D eigenvalue weighted by molar-refractivity contribution is 7.01. The Balaban J connectivity index is 1.40. The highest BCUT2D eigenvalue weighted by atomic mass is 16.6. The quantitative estimate of drug-likeness (QED) is 0.188. The van der Waals surface area contributed by atoms with Crippen molar-refractivity contribution < 1.29 is 13.9 Å². The molecule has 0 bridgehead atoms. The van der Waals surface area contributed by atoms with Crippen LogP contribution in [0.15, 0.2) is 150 Å². The van der Waals surface area contributed by atoms with Crippen molar-refractivity contribution in [1.29, 1.82) is 0 Å². The molecule has 0 saturated heterocycles. The second kappa shape index (κ2) is 10.3. The van der Waals surface area contributed by atoms with Crippen LogP contribution >= 0.6 is 0 Å². The number of hydrogen-bond donors (Lipinski definition) is 0. The van der Waals surface area contributed by atoms with Gasteiger partial charge in [-0.15, -0.1) is 0 Å². The summed E-state index contributed by atoms with van der Waals surface area (Å²) in [4.78, 5) is 26.2. The zero-order valence-electron chi connectivity index (χ0n) is 25.5. The number of benzene rings is 6. The molecule has 10 rings (SSSR count). The van der Waals surface area contributed by atoms with Crippen LogP contribution in [-0.4, -0.2) is 22.8 Å². The first-order valence-corrected chi connectivity index (χ1v) is 15.9. The second-order valence-electron chi connectivity index (χ2n) is 12.1. The number of aromatic nitrogens is 2. The molecule has 6 aromatic carbocycles. The molecule has 7 heteroatoms. The van der Waals surface area contributed by atoms with Crippen molar-refractivity contribution in [1.82, 2.24) is 9.97 Å². The van der Waals surface area contributed by atoms with Crippen LogP contribution in [0.4, 0.5) is 16.4 Å². The predicted octanol–water partition coefficient (Wildman–Crippen LogP) is 7.86. The van der Waals surface area contributed by atoms with E-state index in [4.69, 9.17) is 19.1 Å². The Morgan fingerprint density at radius 1 is 0.583 bits per heavy atom. The molecule has 0 fully saturated rings. The molecule has 0 unspecified atom stereocenters. The first-order valence-electron chi connectivity index (χ1n) is 15.9. The number of furan rings is 1. The van der Waals surface area contributed by atoms with Crippen molar-refractivity contribution in [2.45, 2.75) is 0 Å². The Morgan fingerprint density at radius 3 is 1.90 bits per heavy atom. The molecule has 6 nitrogen and oxygen atoms in total. The number of carbonyl (C=O) groups is 1. The number of carbonyl (C=O) groups excluding carboxylic acids is 1. The average molecular weight is 617 g/mol. The van der Waals surface area contributed by atoms with Gasteiger partial charge >= 0.3 is 6.09 Å². The van der Waals surface area contributed by atoms with Gasteiger partial charge in [0.05, 0.1) is 17.1 Å². The van der Waals surface area contributed by atoms with Gasteiger partial charge in [0, 0.05) is 21.8 Å². The molecule has 0 saturated carbocycles. The van der Waals surface area contributed by atoms with Crippen molar-refractivity contribution in [2.24, 2.45) is 0 Å². The predicted molar refractivity (Wildman–Crippen MR) is 191 cm³/mol. The van der Waals surface area contributed by atoms with E-state index in [0.717, 1.165) is 66.3 Å². The topological polar surface area (TPSA) is 68.5 Å². The van der Waals surface area contributed by atoms with Crippen LogP contribution in [0.2, 0.25) is 0 Å². The van der Waals surface area contributed by atoms with Crippen LogP contribution in [0, 0.1) is 0 Å². The molecular weight excluding hydrogens is 593 g/mol. The van der Waals surface area contributed by atoms with Gasteiger partial charge in [-0.3, -0.25) is 0 Å². The minimum atomic E-state index is -0.497. The molecular formula is C41H24BN3O3. The number of amides is 1. The highest BCUT2D eigenvalue weighted by Gasteiger charge is 2.47. The van der Waals surface area contributed by atoms with Crippen LogP contribution in [0.1, 0.15) is 0 Å². The minimum Gasteiger partial charge on any atom is -0.440 e. The zero-order valence-corrected chi connectivity index (χ0v) is 25.5. The van der Waals surface area contributed by atoms with Crippen LogP contribution in [0.3, 0.4) is 0 Å². The molecule has 0 atom stereocenters. The Morgan fingerprint density at radius 2 is 1.21 bits per heavy atom. The number of para-hydroxylation sites is 1. The molecule has 4 heterocycles. The molecule has 0 N–H and O–H groups in total. The van der Waals surface area contributed by atoms with E-state index in [2.05, 4.69) is 42.5 Å². The first kappa shape index (κ1) is 26.7. The van der Waals surface area contributed by atoms with Crippen molar-refractivity contribution in [2.75, 3.05) is 4.90 Å². The Labute approximate surface area is 276 Å². The van der Waals surface area contributed by atoms with E-state index in [9.17, 15) is 4.79 Å². The molecule has 224 valence electrons. The summed E-state index contributed by atoms with van der Waals surface area (Å²) in [6.45, 7) is -0.395. The van der Waals surface area contributed by atoms with Crippen molar-refractivity contribution in [3.63, 3.8) is 0 Å². The third-order valence-electron chi connectivity index (χ3n) is 9.39. The summed E-state index contributed by atoms with van der Waals surface area (Å²) in [6, 6.07) is 48.7. The highest BCUT2D eigenvalue weighted by Crippen LogP contribution is 2.45. The molecule has 0 aliphatic carbocycles. The van der Waals surface area contributed by atoms with Crippen molar-refractivity contribution >= 4 is 62.5 Å². The SMILES string of the molecule is O=C1Oc2cccc3ccc4c(c23)N1c1oc2ccccc2c1B4c1c(-c2ccccc2)nc(-c2ccccc2)nc1-c1ccccc1. The van der Waals surface area contributed by atoms with Gasteiger partial charge in [0.15, 0.2) is 5.82 Å². The number of rotatable bonds is 4. The standard InChI is InChI=1S/C41H24BN3O3/c46-41-45-38-30(24-23-25-19-12-22-32(48-41)33(25)38)42(34-29-20-10-11-21-31(29)47-40(34)45)35-36(26-13-4-1-5-14-26)43-39(28-17-8-3-9-18-28)44-37(35)27-15-6-2-7-16-27/h1-24H. The Hall–Kier alpha value is -6.47. The van der Waals surface area contributed by atoms with Gasteiger partial charge in [-0.1, -0.05) is 133 Å². The van der Waals surface area contributed by atoms with E-state index in [0.29, 0.717) is 23.0 Å². The van der Waals surface area contributed by atoms with E-state index >= 15 is 0 Å². The van der Waals surface area contributed by atoms with E-state index < -0.39 is 12.8 Å². The number of nitrogens with zero attached hydrogens (tertiary/aromatic N) is 3. The van der Waals surface area contributed by atoms with Crippen LogP contribution in [0.5, 0.6) is 5.75 Å². The number of hydrogen-bond acceptors (Lipinski definition) is 5. The molecule has 8 aromatic rings. The third-order valence-corrected chi connectivity index (χ3v) is 9.39. The van der Waals surface area contributed by atoms with Gasteiger partial charge in [-0.05, 0) is 39.6 Å². The fraction of sp³-hybridized carbons (Fsp3) is 0. The molecule has 1 amide bonds. The van der Waals surface area contributed by atoms with Gasteiger partial charge in [-0.2, -0.15) is 0 Å². The van der Waals surface area contributed by atoms with Crippen LogP contribution < -0.4 is 26.0 Å². The third kappa shape index (κ3) is 3.85. The molecule has 0 radical (unpaired) electrons. The van der Waals surface area contributed by atoms with E-state index in [-0.39, 0.29) is 0 Å². The maximum atomic E-state index is 13.9.